The minimum Gasteiger partial charge on any atom is -0.324 e. The van der Waals surface area contributed by atoms with Crippen molar-refractivity contribution in [3.8, 4) is 0 Å². The summed E-state index contributed by atoms with van der Waals surface area (Å²) in [7, 11) is 0. The highest BCUT2D eigenvalue weighted by Gasteiger charge is 2.29. The van der Waals surface area contributed by atoms with Crippen LogP contribution in [0.25, 0.3) is 0 Å². The van der Waals surface area contributed by atoms with E-state index < -0.39 is 0 Å². The Hall–Kier alpha value is -0.770. The number of urea groups is 1. The molecule has 0 saturated carbocycles. The number of hydrogen-bond donors (Lipinski definition) is 1. The lowest BCUT2D eigenvalue weighted by Crippen LogP contribution is -2.56. The summed E-state index contributed by atoms with van der Waals surface area (Å²) in [5, 5.41) is 0. The van der Waals surface area contributed by atoms with Gasteiger partial charge in [0.2, 0.25) is 0 Å². The fourth-order valence-electron chi connectivity index (χ4n) is 1.92. The van der Waals surface area contributed by atoms with Gasteiger partial charge in [0.1, 0.15) is 0 Å². The highest BCUT2D eigenvalue weighted by atomic mass is 16.2. The van der Waals surface area contributed by atoms with Gasteiger partial charge in [0.05, 0.1) is 0 Å². The molecule has 15 heavy (non-hydrogen) atoms. The third-order valence-electron chi connectivity index (χ3n) is 2.56. The Morgan fingerprint density at radius 3 is 2.47 bits per heavy atom. The second kappa shape index (κ2) is 4.39. The van der Waals surface area contributed by atoms with Crippen LogP contribution in [0.15, 0.2) is 0 Å². The minimum absolute atomic E-state index is 0.134. The van der Waals surface area contributed by atoms with Crippen LogP contribution in [0, 0.1) is 0 Å². The lowest BCUT2D eigenvalue weighted by Gasteiger charge is -2.40. The van der Waals surface area contributed by atoms with Crippen molar-refractivity contribution in [3.63, 3.8) is 0 Å². The van der Waals surface area contributed by atoms with Crippen molar-refractivity contribution in [2.75, 3.05) is 19.6 Å². The van der Waals surface area contributed by atoms with Crippen LogP contribution < -0.4 is 5.73 Å². The fraction of sp³-hybridized carbons (Fsp3) is 0.909. The molecule has 0 radical (unpaired) electrons. The first kappa shape index (κ1) is 12.3. The summed E-state index contributed by atoms with van der Waals surface area (Å²) in [4.78, 5) is 15.8. The van der Waals surface area contributed by atoms with E-state index in [1.54, 1.807) is 0 Å². The van der Waals surface area contributed by atoms with Crippen molar-refractivity contribution in [1.82, 2.24) is 9.80 Å². The Morgan fingerprint density at radius 1 is 1.40 bits per heavy atom. The molecule has 0 aromatic rings. The molecule has 0 spiro atoms. The average Bonchev–Trinajstić information content (AvgIpc) is 2.05. The zero-order valence-corrected chi connectivity index (χ0v) is 10.3. The van der Waals surface area contributed by atoms with Crippen molar-refractivity contribution < 1.29 is 4.79 Å². The summed E-state index contributed by atoms with van der Waals surface area (Å²) in [5.41, 5.74) is 5.63. The number of carbonyl (C=O) groups is 1. The predicted molar refractivity (Wildman–Crippen MR) is 61.7 cm³/mol. The highest BCUT2D eigenvalue weighted by molar-refractivity contribution is 5.75. The largest absolute Gasteiger partial charge is 0.324 e. The molecule has 0 aromatic carbocycles. The van der Waals surface area contributed by atoms with E-state index in [0.29, 0.717) is 6.54 Å². The molecule has 0 aromatic heterocycles. The Labute approximate surface area is 92.4 Å². The molecule has 4 heteroatoms. The quantitative estimate of drug-likeness (QED) is 0.767. The average molecular weight is 213 g/mol. The van der Waals surface area contributed by atoms with Gasteiger partial charge in [0.25, 0.3) is 0 Å². The number of amides is 2. The molecule has 4 nitrogen and oxygen atoms in total. The van der Waals surface area contributed by atoms with E-state index in [4.69, 9.17) is 5.73 Å². The van der Waals surface area contributed by atoms with E-state index in [9.17, 15) is 4.79 Å². The Morgan fingerprint density at radius 2 is 2.00 bits per heavy atom. The number of nitrogens with two attached hydrogens (primary N) is 1. The lowest BCUT2D eigenvalue weighted by atomic mass is 10.1. The second-order valence-electron chi connectivity index (χ2n) is 5.33. The molecule has 1 fully saturated rings. The molecule has 1 saturated heterocycles. The first-order valence-electron chi connectivity index (χ1n) is 5.66. The van der Waals surface area contributed by atoms with Crippen LogP contribution in [0.1, 0.15) is 34.1 Å². The van der Waals surface area contributed by atoms with Gasteiger partial charge < -0.3 is 15.5 Å². The minimum atomic E-state index is -0.310. The molecule has 0 bridgehead atoms. The smallest absolute Gasteiger partial charge is 0.320 e. The van der Waals surface area contributed by atoms with Crippen LogP contribution in [-0.4, -0.2) is 47.0 Å². The van der Waals surface area contributed by atoms with Crippen molar-refractivity contribution in [1.29, 1.82) is 0 Å². The third-order valence-corrected chi connectivity index (χ3v) is 2.56. The monoisotopic (exact) mass is 213 g/mol. The first-order chi connectivity index (χ1) is 6.81. The molecule has 2 N–H and O–H groups in total. The van der Waals surface area contributed by atoms with Crippen molar-refractivity contribution in [3.05, 3.63) is 0 Å². The highest BCUT2D eigenvalue weighted by Crippen LogP contribution is 2.14. The fourth-order valence-corrected chi connectivity index (χ4v) is 1.92. The molecular formula is C11H23N3O. The third kappa shape index (κ3) is 3.38. The maximum atomic E-state index is 12.0. The van der Waals surface area contributed by atoms with Gasteiger partial charge >= 0.3 is 6.03 Å². The van der Waals surface area contributed by atoms with Crippen molar-refractivity contribution in [2.24, 2.45) is 5.73 Å². The van der Waals surface area contributed by atoms with Gasteiger partial charge in [-0.15, -0.1) is 0 Å². The maximum absolute atomic E-state index is 12.0. The van der Waals surface area contributed by atoms with E-state index in [1.165, 1.54) is 0 Å². The number of rotatable bonds is 3. The van der Waals surface area contributed by atoms with E-state index in [2.05, 4.69) is 13.8 Å². The molecule has 0 atom stereocenters. The molecule has 0 unspecified atom stereocenters. The van der Waals surface area contributed by atoms with Gasteiger partial charge in [-0.2, -0.15) is 0 Å². The maximum Gasteiger partial charge on any atom is 0.320 e. The number of nitrogens with zero attached hydrogens (tertiary/aromatic N) is 2. The normalized spacial score (nSPS) is 18.9. The molecule has 2 amide bonds. The van der Waals surface area contributed by atoms with Crippen LogP contribution in [0.3, 0.4) is 0 Å². The van der Waals surface area contributed by atoms with Gasteiger partial charge in [-0.25, -0.2) is 4.79 Å². The van der Waals surface area contributed by atoms with Crippen molar-refractivity contribution >= 4 is 6.03 Å². The van der Waals surface area contributed by atoms with Gasteiger partial charge in [0.15, 0.2) is 0 Å². The summed E-state index contributed by atoms with van der Waals surface area (Å²) in [6.07, 6.45) is 1.04. The Balaban J connectivity index is 2.63. The second-order valence-corrected chi connectivity index (χ2v) is 5.33. The van der Waals surface area contributed by atoms with Crippen LogP contribution in [-0.2, 0) is 0 Å². The van der Waals surface area contributed by atoms with Crippen LogP contribution >= 0.6 is 0 Å². The Kier molecular flexibility index (Phi) is 3.60. The predicted octanol–water partition coefficient (Wildman–Crippen LogP) is 1.26. The van der Waals surface area contributed by atoms with Crippen LogP contribution in [0.2, 0.25) is 0 Å². The zero-order chi connectivity index (χ0) is 11.6. The van der Waals surface area contributed by atoms with E-state index in [1.807, 2.05) is 23.6 Å². The van der Waals surface area contributed by atoms with Crippen LogP contribution in [0.4, 0.5) is 4.79 Å². The number of carbonyl (C=O) groups excluding carboxylic acids is 1. The van der Waals surface area contributed by atoms with E-state index in [0.717, 1.165) is 19.5 Å². The van der Waals surface area contributed by atoms with Crippen LogP contribution in [0.5, 0.6) is 0 Å². The molecular weight excluding hydrogens is 190 g/mol. The first-order valence-corrected chi connectivity index (χ1v) is 5.66. The molecule has 1 aliphatic rings. The number of hydrogen-bond acceptors (Lipinski definition) is 2. The lowest BCUT2D eigenvalue weighted by molar-refractivity contribution is 0.107. The Bertz CT molecular complexity index is 232. The molecule has 1 heterocycles. The van der Waals surface area contributed by atoms with Gasteiger partial charge in [-0.1, -0.05) is 0 Å². The molecule has 0 aliphatic carbocycles. The summed E-state index contributed by atoms with van der Waals surface area (Å²) < 4.78 is 0. The molecule has 1 aliphatic heterocycles. The summed E-state index contributed by atoms with van der Waals surface area (Å²) in [5.74, 6) is 0. The van der Waals surface area contributed by atoms with E-state index >= 15 is 0 Å². The van der Waals surface area contributed by atoms with Gasteiger partial charge in [-0.3, -0.25) is 0 Å². The summed E-state index contributed by atoms with van der Waals surface area (Å²) in [6, 6.07) is 0.413. The van der Waals surface area contributed by atoms with Gasteiger partial charge in [0, 0.05) is 31.2 Å². The SMILES string of the molecule is CC(C)N1CCCN(CC(C)(C)N)C1=O. The van der Waals surface area contributed by atoms with Gasteiger partial charge in [-0.05, 0) is 34.1 Å². The standard InChI is InChI=1S/C11H23N3O/c1-9(2)14-7-5-6-13(10(14)15)8-11(3,4)12/h9H,5-8,12H2,1-4H3. The summed E-state index contributed by atoms with van der Waals surface area (Å²) in [6.45, 7) is 10.4. The van der Waals surface area contributed by atoms with E-state index in [-0.39, 0.29) is 17.6 Å². The molecule has 1 rings (SSSR count). The topological polar surface area (TPSA) is 49.6 Å². The molecule has 88 valence electrons. The van der Waals surface area contributed by atoms with Crippen molar-refractivity contribution in [2.45, 2.75) is 45.7 Å². The zero-order valence-electron chi connectivity index (χ0n) is 10.3. The summed E-state index contributed by atoms with van der Waals surface area (Å²) >= 11 is 0.